The Balaban J connectivity index is 1.87. The van der Waals surface area contributed by atoms with Gasteiger partial charge in [-0.15, -0.1) is 11.3 Å². The van der Waals surface area contributed by atoms with E-state index in [0.29, 0.717) is 21.9 Å². The van der Waals surface area contributed by atoms with Crippen LogP contribution in [0.15, 0.2) is 45.7 Å². The van der Waals surface area contributed by atoms with E-state index < -0.39 is 0 Å². The second kappa shape index (κ2) is 9.03. The van der Waals surface area contributed by atoms with Crippen molar-refractivity contribution in [2.45, 2.75) is 18.6 Å². The van der Waals surface area contributed by atoms with Gasteiger partial charge in [0.05, 0.1) is 17.7 Å². The maximum Gasteiger partial charge on any atom is 0.263 e. The van der Waals surface area contributed by atoms with Crippen molar-refractivity contribution in [1.29, 1.82) is 0 Å². The molecule has 28 heavy (non-hydrogen) atoms. The number of nitrogens with one attached hydrogen (secondary N) is 2. The Bertz CT molecular complexity index is 1060. The Hall–Kier alpha value is -2.65. The summed E-state index contributed by atoms with van der Waals surface area (Å²) in [6.07, 6.45) is 0. The van der Waals surface area contributed by atoms with Crippen molar-refractivity contribution < 1.29 is 9.59 Å². The van der Waals surface area contributed by atoms with Gasteiger partial charge in [-0.25, -0.2) is 4.98 Å². The van der Waals surface area contributed by atoms with Crippen LogP contribution in [-0.2, 0) is 16.1 Å². The fraction of sp³-hybridized carbons (Fsp3) is 0.263. The largest absolute Gasteiger partial charge is 0.358 e. The number of carbonyl (C=O) groups is 2. The lowest BCUT2D eigenvalue weighted by Gasteiger charge is -2.10. The minimum Gasteiger partial charge on any atom is -0.358 e. The summed E-state index contributed by atoms with van der Waals surface area (Å²) in [4.78, 5) is 41.5. The Labute approximate surface area is 170 Å². The number of benzene rings is 1. The average Bonchev–Trinajstić information content (AvgIpc) is 3.15. The van der Waals surface area contributed by atoms with Crippen LogP contribution >= 0.6 is 23.1 Å². The molecule has 0 spiro atoms. The third-order valence-electron chi connectivity index (χ3n) is 4.12. The molecule has 0 saturated carbocycles. The highest BCUT2D eigenvalue weighted by Gasteiger charge is 2.17. The van der Waals surface area contributed by atoms with Gasteiger partial charge in [0.25, 0.3) is 5.56 Å². The highest BCUT2D eigenvalue weighted by molar-refractivity contribution is 7.99. The van der Waals surface area contributed by atoms with Gasteiger partial charge in [0.2, 0.25) is 11.8 Å². The third kappa shape index (κ3) is 4.26. The van der Waals surface area contributed by atoms with Gasteiger partial charge in [0.1, 0.15) is 4.83 Å². The summed E-state index contributed by atoms with van der Waals surface area (Å²) in [7, 11) is 1.51. The maximum absolute atomic E-state index is 13.1. The molecule has 0 saturated heterocycles. The molecule has 2 N–H and O–H groups in total. The lowest BCUT2D eigenvalue weighted by molar-refractivity contribution is -0.124. The number of likely N-dealkylation sites (N-methyl/N-ethyl adjacent to an activating group) is 1. The molecular weight excluding hydrogens is 396 g/mol. The molecule has 7 nitrogen and oxygen atoms in total. The van der Waals surface area contributed by atoms with E-state index in [2.05, 4.69) is 15.6 Å². The lowest BCUT2D eigenvalue weighted by atomic mass is 10.1. The summed E-state index contributed by atoms with van der Waals surface area (Å²) in [5.74, 6) is -0.483. The Kier molecular flexibility index (Phi) is 6.48. The minimum atomic E-state index is -0.290. The predicted octanol–water partition coefficient (Wildman–Crippen LogP) is 2.10. The van der Waals surface area contributed by atoms with Crippen LogP contribution in [0.1, 0.15) is 6.92 Å². The number of amides is 2. The topological polar surface area (TPSA) is 93.1 Å². The van der Waals surface area contributed by atoms with Crippen LogP contribution in [0.2, 0.25) is 0 Å². The zero-order chi connectivity index (χ0) is 20.1. The van der Waals surface area contributed by atoms with Crippen molar-refractivity contribution in [3.05, 3.63) is 46.1 Å². The molecule has 2 amide bonds. The van der Waals surface area contributed by atoms with Crippen LogP contribution in [0.5, 0.6) is 0 Å². The maximum atomic E-state index is 13.1. The average molecular weight is 417 g/mol. The van der Waals surface area contributed by atoms with Gasteiger partial charge in [-0.2, -0.15) is 0 Å². The molecule has 3 rings (SSSR count). The van der Waals surface area contributed by atoms with Crippen molar-refractivity contribution in [3.8, 4) is 11.1 Å². The van der Waals surface area contributed by atoms with Crippen molar-refractivity contribution >= 4 is 45.1 Å². The number of fused-ring (bicyclic) bond motifs is 1. The quantitative estimate of drug-likeness (QED) is 0.454. The summed E-state index contributed by atoms with van der Waals surface area (Å²) in [5, 5.41) is 8.02. The molecular formula is C19H20N4O3S2. The van der Waals surface area contributed by atoms with Gasteiger partial charge in [-0.05, 0) is 12.5 Å². The predicted molar refractivity (Wildman–Crippen MR) is 113 cm³/mol. The monoisotopic (exact) mass is 416 g/mol. The first-order chi connectivity index (χ1) is 13.5. The van der Waals surface area contributed by atoms with E-state index in [1.807, 2.05) is 42.6 Å². The van der Waals surface area contributed by atoms with Gasteiger partial charge >= 0.3 is 0 Å². The van der Waals surface area contributed by atoms with Crippen LogP contribution in [0.25, 0.3) is 21.3 Å². The molecule has 0 atom stereocenters. The summed E-state index contributed by atoms with van der Waals surface area (Å²) < 4.78 is 1.58. The van der Waals surface area contributed by atoms with Gasteiger partial charge in [0, 0.05) is 24.5 Å². The van der Waals surface area contributed by atoms with E-state index in [1.54, 1.807) is 4.57 Å². The zero-order valence-electron chi connectivity index (χ0n) is 15.5. The molecule has 1 aromatic carbocycles. The molecule has 146 valence electrons. The highest BCUT2D eigenvalue weighted by atomic mass is 32.2. The minimum absolute atomic E-state index is 0.0751. The molecule has 0 unspecified atom stereocenters. The summed E-state index contributed by atoms with van der Waals surface area (Å²) >= 11 is 2.60. The van der Waals surface area contributed by atoms with E-state index in [-0.39, 0.29) is 29.7 Å². The molecule has 2 aromatic heterocycles. The van der Waals surface area contributed by atoms with E-state index in [4.69, 9.17) is 0 Å². The third-order valence-corrected chi connectivity index (χ3v) is 5.97. The number of hydrogen-bond donors (Lipinski definition) is 2. The SMILES string of the molecule is CCn1c(SCC(=O)NCC(=O)NC)nc2scc(-c3ccccc3)c2c1=O. The van der Waals surface area contributed by atoms with Crippen LogP contribution in [0, 0.1) is 0 Å². The molecule has 0 aliphatic carbocycles. The fourth-order valence-corrected chi connectivity index (χ4v) is 4.55. The molecule has 0 radical (unpaired) electrons. The van der Waals surface area contributed by atoms with Crippen molar-refractivity contribution in [2.75, 3.05) is 19.3 Å². The Morgan fingerprint density at radius 3 is 2.64 bits per heavy atom. The molecule has 2 heterocycles. The summed E-state index contributed by atoms with van der Waals surface area (Å²) in [6, 6.07) is 9.75. The number of thioether (sulfide) groups is 1. The van der Waals surface area contributed by atoms with Gasteiger partial charge in [-0.1, -0.05) is 42.1 Å². The molecule has 9 heteroatoms. The Morgan fingerprint density at radius 2 is 1.96 bits per heavy atom. The first-order valence-electron chi connectivity index (χ1n) is 8.72. The number of aromatic nitrogens is 2. The number of nitrogens with zero attached hydrogens (tertiary/aromatic N) is 2. The standard InChI is InChI=1S/C19H20N4O3S2/c1-3-23-18(26)16-13(12-7-5-4-6-8-12)10-27-17(16)22-19(23)28-11-15(25)21-9-14(24)20-2/h4-8,10H,3,9,11H2,1-2H3,(H,20,24)(H,21,25). The normalized spacial score (nSPS) is 10.8. The second-order valence-electron chi connectivity index (χ2n) is 5.88. The molecule has 0 aliphatic heterocycles. The van der Waals surface area contributed by atoms with E-state index >= 15 is 0 Å². The van der Waals surface area contributed by atoms with Gasteiger partial charge in [-0.3, -0.25) is 19.0 Å². The van der Waals surface area contributed by atoms with E-state index in [1.165, 1.54) is 30.1 Å². The first kappa shape index (κ1) is 20.1. The zero-order valence-corrected chi connectivity index (χ0v) is 17.2. The molecule has 0 fully saturated rings. The van der Waals surface area contributed by atoms with Gasteiger partial charge < -0.3 is 10.6 Å². The number of rotatable bonds is 7. The highest BCUT2D eigenvalue weighted by Crippen LogP contribution is 2.32. The second-order valence-corrected chi connectivity index (χ2v) is 7.68. The van der Waals surface area contributed by atoms with Crippen molar-refractivity contribution in [2.24, 2.45) is 0 Å². The van der Waals surface area contributed by atoms with Crippen LogP contribution in [0.4, 0.5) is 0 Å². The Morgan fingerprint density at radius 1 is 1.21 bits per heavy atom. The van der Waals surface area contributed by atoms with Crippen LogP contribution < -0.4 is 16.2 Å². The molecule has 3 aromatic rings. The van der Waals surface area contributed by atoms with E-state index in [0.717, 1.165) is 11.1 Å². The molecule has 0 aliphatic rings. The van der Waals surface area contributed by atoms with E-state index in [9.17, 15) is 14.4 Å². The molecule has 0 bridgehead atoms. The fourth-order valence-electron chi connectivity index (χ4n) is 2.67. The summed E-state index contributed by atoms with van der Waals surface area (Å²) in [5.41, 5.74) is 1.74. The van der Waals surface area contributed by atoms with Crippen LogP contribution in [0.3, 0.4) is 0 Å². The van der Waals surface area contributed by atoms with Crippen molar-refractivity contribution in [3.63, 3.8) is 0 Å². The van der Waals surface area contributed by atoms with Gasteiger partial charge in [0.15, 0.2) is 5.16 Å². The van der Waals surface area contributed by atoms with Crippen LogP contribution in [-0.4, -0.2) is 40.7 Å². The van der Waals surface area contributed by atoms with Crippen molar-refractivity contribution in [1.82, 2.24) is 20.2 Å². The number of carbonyl (C=O) groups excluding carboxylic acids is 2. The first-order valence-corrected chi connectivity index (χ1v) is 10.6. The smallest absolute Gasteiger partial charge is 0.263 e. The summed E-state index contributed by atoms with van der Waals surface area (Å²) in [6.45, 7) is 2.25. The number of hydrogen-bond acceptors (Lipinski definition) is 6. The number of thiophene rings is 1. The lowest BCUT2D eigenvalue weighted by Crippen LogP contribution is -2.36.